The van der Waals surface area contributed by atoms with Gasteiger partial charge in [0, 0.05) is 19.6 Å². The van der Waals surface area contributed by atoms with E-state index < -0.39 is 12.2 Å². The van der Waals surface area contributed by atoms with Gasteiger partial charge in [0.1, 0.15) is 12.2 Å². The summed E-state index contributed by atoms with van der Waals surface area (Å²) < 4.78 is 0. The van der Waals surface area contributed by atoms with Crippen LogP contribution in [0.2, 0.25) is 0 Å². The predicted octanol–water partition coefficient (Wildman–Crippen LogP) is 2.71. The zero-order chi connectivity index (χ0) is 24.9. The second-order valence-corrected chi connectivity index (χ2v) is 9.46. The normalized spacial score (nSPS) is 20.9. The Morgan fingerprint density at radius 2 is 1.63 bits per heavy atom. The molecule has 2 saturated heterocycles. The largest absolute Gasteiger partial charge is 0.337 e. The molecular formula is C27H35N5O3. The molecule has 2 heterocycles. The number of piperazine rings is 1. The summed E-state index contributed by atoms with van der Waals surface area (Å²) in [5, 5.41) is 6.45. The fourth-order valence-electron chi connectivity index (χ4n) is 4.98. The van der Waals surface area contributed by atoms with Crippen molar-refractivity contribution >= 4 is 17.8 Å². The number of nitrogens with zero attached hydrogens (tertiary/aromatic N) is 4. The first kappa shape index (κ1) is 24.7. The summed E-state index contributed by atoms with van der Waals surface area (Å²) in [7, 11) is 0. The highest BCUT2D eigenvalue weighted by atomic mass is 16.2. The molecule has 0 aliphatic carbocycles. The summed E-state index contributed by atoms with van der Waals surface area (Å²) in [6.07, 6.45) is 0.170. The van der Waals surface area contributed by atoms with E-state index in [4.69, 9.17) is 0 Å². The monoisotopic (exact) mass is 477 g/mol. The van der Waals surface area contributed by atoms with Crippen molar-refractivity contribution in [3.05, 3.63) is 71.8 Å². The number of hydrogen-bond donors (Lipinski definition) is 1. The third-order valence-corrected chi connectivity index (χ3v) is 6.77. The van der Waals surface area contributed by atoms with E-state index in [1.54, 1.807) is 14.9 Å². The van der Waals surface area contributed by atoms with Gasteiger partial charge in [-0.3, -0.25) is 9.59 Å². The summed E-state index contributed by atoms with van der Waals surface area (Å²) in [6.45, 7) is 7.65. The van der Waals surface area contributed by atoms with Crippen molar-refractivity contribution in [3.8, 4) is 0 Å². The number of hydrogen-bond acceptors (Lipinski definition) is 4. The Kier molecular flexibility index (Phi) is 7.70. The molecule has 2 aliphatic heterocycles. The van der Waals surface area contributed by atoms with E-state index in [-0.39, 0.29) is 36.9 Å². The molecule has 0 aromatic heterocycles. The number of carbonyl (C=O) groups excluding carboxylic acids is 3. The average molecular weight is 478 g/mol. The number of urea groups is 1. The Hall–Kier alpha value is -3.39. The molecule has 186 valence electrons. The minimum absolute atomic E-state index is 0.0462. The van der Waals surface area contributed by atoms with Crippen LogP contribution in [0.25, 0.3) is 0 Å². The lowest BCUT2D eigenvalue weighted by Gasteiger charge is -2.55. The van der Waals surface area contributed by atoms with E-state index >= 15 is 0 Å². The predicted molar refractivity (Wildman–Crippen MR) is 134 cm³/mol. The van der Waals surface area contributed by atoms with E-state index in [9.17, 15) is 14.4 Å². The second-order valence-electron chi connectivity index (χ2n) is 9.46. The van der Waals surface area contributed by atoms with Crippen LogP contribution >= 0.6 is 0 Å². The molecule has 35 heavy (non-hydrogen) atoms. The molecule has 0 bridgehead atoms. The van der Waals surface area contributed by atoms with E-state index in [0.717, 1.165) is 17.5 Å². The highest BCUT2D eigenvalue weighted by molar-refractivity contribution is 5.91. The van der Waals surface area contributed by atoms with Gasteiger partial charge in [0.2, 0.25) is 11.8 Å². The van der Waals surface area contributed by atoms with Gasteiger partial charge in [0.15, 0.2) is 0 Å². The van der Waals surface area contributed by atoms with Gasteiger partial charge in [-0.25, -0.2) is 14.8 Å². The molecule has 8 nitrogen and oxygen atoms in total. The highest BCUT2D eigenvalue weighted by Crippen LogP contribution is 2.29. The number of likely N-dealkylation sites (N-methyl/N-ethyl adjacent to an activating group) is 1. The fourth-order valence-corrected chi connectivity index (χ4v) is 4.98. The Labute approximate surface area is 207 Å². The number of carbonyl (C=O) groups is 3. The number of benzene rings is 2. The minimum Gasteiger partial charge on any atom is -0.337 e. The molecule has 0 unspecified atom stereocenters. The van der Waals surface area contributed by atoms with Crippen molar-refractivity contribution < 1.29 is 14.4 Å². The van der Waals surface area contributed by atoms with Gasteiger partial charge < -0.3 is 15.1 Å². The minimum atomic E-state index is -0.597. The lowest BCUT2D eigenvalue weighted by molar-refractivity contribution is -0.192. The number of fused-ring (bicyclic) bond motifs is 1. The smallest absolute Gasteiger partial charge is 0.334 e. The van der Waals surface area contributed by atoms with Crippen molar-refractivity contribution in [1.29, 1.82) is 0 Å². The fraction of sp³-hybridized carbons (Fsp3) is 0.444. The Bertz CT molecular complexity index is 1030. The van der Waals surface area contributed by atoms with Crippen LogP contribution in [0, 0.1) is 5.92 Å². The topological polar surface area (TPSA) is 76.2 Å². The first-order valence-corrected chi connectivity index (χ1v) is 12.4. The first-order chi connectivity index (χ1) is 16.9. The summed E-state index contributed by atoms with van der Waals surface area (Å²) >= 11 is 0. The third kappa shape index (κ3) is 5.32. The lowest BCUT2D eigenvalue weighted by Crippen LogP contribution is -2.77. The van der Waals surface area contributed by atoms with Crippen LogP contribution in [0.4, 0.5) is 4.79 Å². The molecule has 8 heteroatoms. The number of amides is 4. The molecule has 0 spiro atoms. The molecule has 2 fully saturated rings. The van der Waals surface area contributed by atoms with Crippen LogP contribution < -0.4 is 5.32 Å². The SMILES string of the molecule is CCN1CC(=O)N2[C@@H](C(C)C)C(=O)N(CCc3ccccc3)C[C@@H]2N1C(=O)NCc1ccccc1. The molecule has 0 radical (unpaired) electrons. The van der Waals surface area contributed by atoms with Crippen LogP contribution in [-0.2, 0) is 22.6 Å². The van der Waals surface area contributed by atoms with Crippen molar-refractivity contribution in [3.63, 3.8) is 0 Å². The molecule has 2 aromatic rings. The summed E-state index contributed by atoms with van der Waals surface area (Å²) in [5.74, 6) is -0.232. The second kappa shape index (κ2) is 10.9. The molecule has 2 atom stereocenters. The molecule has 0 saturated carbocycles. The van der Waals surface area contributed by atoms with Crippen LogP contribution in [0.5, 0.6) is 0 Å². The van der Waals surface area contributed by atoms with Crippen molar-refractivity contribution in [1.82, 2.24) is 25.1 Å². The summed E-state index contributed by atoms with van der Waals surface area (Å²) in [5.41, 5.74) is 2.15. The van der Waals surface area contributed by atoms with Crippen LogP contribution in [0.1, 0.15) is 31.9 Å². The van der Waals surface area contributed by atoms with Crippen LogP contribution in [0.3, 0.4) is 0 Å². The third-order valence-electron chi connectivity index (χ3n) is 6.77. The van der Waals surface area contributed by atoms with Gasteiger partial charge in [0.25, 0.3) is 0 Å². The Balaban J connectivity index is 1.59. The van der Waals surface area contributed by atoms with Gasteiger partial charge in [-0.2, -0.15) is 0 Å². The maximum absolute atomic E-state index is 13.5. The summed E-state index contributed by atoms with van der Waals surface area (Å²) in [4.78, 5) is 43.7. The van der Waals surface area contributed by atoms with Gasteiger partial charge in [-0.1, -0.05) is 81.4 Å². The number of nitrogens with one attached hydrogen (secondary N) is 1. The van der Waals surface area contributed by atoms with Crippen LogP contribution in [0.15, 0.2) is 60.7 Å². The Morgan fingerprint density at radius 3 is 2.23 bits per heavy atom. The highest BCUT2D eigenvalue weighted by Gasteiger charge is 2.51. The quantitative estimate of drug-likeness (QED) is 0.665. The van der Waals surface area contributed by atoms with Gasteiger partial charge in [-0.05, 0) is 23.5 Å². The standard InChI is InChI=1S/C27H35N5O3/c1-4-30-19-24(33)31-23(32(30)27(35)28-17-22-13-9-6-10-14-22)18-29(26(34)25(31)20(2)3)16-15-21-11-7-5-8-12-21/h5-14,20,23,25H,4,15-19H2,1-3H3,(H,28,35)/t23-,25-/m0/s1. The molecule has 2 aromatic carbocycles. The lowest BCUT2D eigenvalue weighted by atomic mass is 9.96. The molecule has 4 amide bonds. The molecule has 4 rings (SSSR count). The molecule has 2 aliphatic rings. The maximum atomic E-state index is 13.5. The van der Waals surface area contributed by atoms with E-state index in [1.165, 1.54) is 0 Å². The van der Waals surface area contributed by atoms with Crippen molar-refractivity contribution in [2.75, 3.05) is 26.2 Å². The zero-order valence-corrected chi connectivity index (χ0v) is 20.8. The number of rotatable bonds is 7. The van der Waals surface area contributed by atoms with Gasteiger partial charge >= 0.3 is 6.03 Å². The van der Waals surface area contributed by atoms with E-state index in [2.05, 4.69) is 5.32 Å². The van der Waals surface area contributed by atoms with Crippen molar-refractivity contribution in [2.45, 2.75) is 45.9 Å². The number of hydrazine groups is 1. The summed E-state index contributed by atoms with van der Waals surface area (Å²) in [6, 6.07) is 18.9. The average Bonchev–Trinajstić information content (AvgIpc) is 2.87. The Morgan fingerprint density at radius 1 is 1.00 bits per heavy atom. The van der Waals surface area contributed by atoms with E-state index in [0.29, 0.717) is 19.6 Å². The van der Waals surface area contributed by atoms with E-state index in [1.807, 2.05) is 86.3 Å². The first-order valence-electron chi connectivity index (χ1n) is 12.4. The van der Waals surface area contributed by atoms with Crippen molar-refractivity contribution in [2.24, 2.45) is 5.92 Å². The van der Waals surface area contributed by atoms with Gasteiger partial charge in [0.05, 0.1) is 13.1 Å². The molecule has 1 N–H and O–H groups in total. The van der Waals surface area contributed by atoms with Gasteiger partial charge in [-0.15, -0.1) is 0 Å². The zero-order valence-electron chi connectivity index (χ0n) is 20.8. The van der Waals surface area contributed by atoms with Crippen LogP contribution in [-0.4, -0.2) is 76.0 Å². The maximum Gasteiger partial charge on any atom is 0.334 e. The molecular weight excluding hydrogens is 442 g/mol.